The van der Waals surface area contributed by atoms with Crippen molar-refractivity contribution < 1.29 is 13.5 Å². The molecule has 0 radical (unpaired) electrons. The van der Waals surface area contributed by atoms with Crippen LogP contribution in [0.2, 0.25) is 0 Å². The Morgan fingerprint density at radius 3 is 2.71 bits per heavy atom. The highest BCUT2D eigenvalue weighted by Gasteiger charge is 2.34. The van der Waals surface area contributed by atoms with E-state index in [1.807, 2.05) is 0 Å². The van der Waals surface area contributed by atoms with E-state index in [0.29, 0.717) is 17.3 Å². The molecule has 6 heteroatoms. The molecule has 0 aromatic heterocycles. The summed E-state index contributed by atoms with van der Waals surface area (Å²) in [5.41, 5.74) is 6.69. The van der Waals surface area contributed by atoms with Crippen LogP contribution in [0, 0.1) is 5.92 Å². The van der Waals surface area contributed by atoms with Crippen molar-refractivity contribution in [3.63, 3.8) is 0 Å². The fraction of sp³-hybridized carbons (Fsp3) is 0.600. The third-order valence-corrected chi connectivity index (χ3v) is 5.36. The smallest absolute Gasteiger partial charge is 0.175 e. The fourth-order valence-electron chi connectivity index (χ4n) is 3.13. The second-order valence-electron chi connectivity index (χ2n) is 6.29. The Balaban J connectivity index is 2.26. The maximum absolute atomic E-state index is 11.5. The standard InChI is InChI=1S/C15H24N2O3S/c1-11-4-3-7-15(9-11,10-18)17-14-6-5-12(8-13(14)16)21(2,19)20/h5-6,8,11,17-18H,3-4,7,9-10,16H2,1-2H3. The molecule has 4 N–H and O–H groups in total. The molecule has 21 heavy (non-hydrogen) atoms. The van der Waals surface area contributed by atoms with E-state index in [9.17, 15) is 13.5 Å². The van der Waals surface area contributed by atoms with E-state index in [0.717, 1.165) is 25.5 Å². The Kier molecular flexibility index (Phi) is 4.49. The predicted molar refractivity (Wildman–Crippen MR) is 85.0 cm³/mol. The molecule has 1 aliphatic carbocycles. The zero-order valence-corrected chi connectivity index (χ0v) is 13.4. The molecule has 0 amide bonds. The van der Waals surface area contributed by atoms with Crippen molar-refractivity contribution in [1.82, 2.24) is 0 Å². The van der Waals surface area contributed by atoms with Crippen molar-refractivity contribution in [1.29, 1.82) is 0 Å². The third-order valence-electron chi connectivity index (χ3n) is 4.25. The van der Waals surface area contributed by atoms with Gasteiger partial charge in [0.05, 0.1) is 28.4 Å². The molecule has 0 heterocycles. The molecule has 2 rings (SSSR count). The molecule has 2 unspecified atom stereocenters. The van der Waals surface area contributed by atoms with E-state index in [1.54, 1.807) is 12.1 Å². The number of hydrogen-bond donors (Lipinski definition) is 3. The number of rotatable bonds is 4. The second kappa shape index (κ2) is 5.85. The number of nitrogen functional groups attached to an aromatic ring is 1. The van der Waals surface area contributed by atoms with Gasteiger partial charge in [0.15, 0.2) is 9.84 Å². The average molecular weight is 312 g/mol. The summed E-state index contributed by atoms with van der Waals surface area (Å²) in [7, 11) is -3.26. The van der Waals surface area contributed by atoms with Crippen LogP contribution in [0.3, 0.4) is 0 Å². The third kappa shape index (κ3) is 3.68. The summed E-state index contributed by atoms with van der Waals surface area (Å²) in [5, 5.41) is 13.1. The Labute approximate surface area is 126 Å². The van der Waals surface area contributed by atoms with Crippen LogP contribution in [0.1, 0.15) is 32.6 Å². The van der Waals surface area contributed by atoms with Crippen LogP contribution >= 0.6 is 0 Å². The fourth-order valence-corrected chi connectivity index (χ4v) is 3.78. The number of nitrogens with two attached hydrogens (primary N) is 1. The van der Waals surface area contributed by atoms with E-state index < -0.39 is 9.84 Å². The predicted octanol–water partition coefficient (Wildman–Crippen LogP) is 2.03. The number of hydrogen-bond acceptors (Lipinski definition) is 5. The van der Waals surface area contributed by atoms with Crippen LogP contribution in [0.5, 0.6) is 0 Å². The first-order chi connectivity index (χ1) is 9.76. The molecule has 5 nitrogen and oxygen atoms in total. The lowest BCUT2D eigenvalue weighted by Gasteiger charge is -2.40. The van der Waals surface area contributed by atoms with Gasteiger partial charge in [-0.2, -0.15) is 0 Å². The van der Waals surface area contributed by atoms with Gasteiger partial charge in [0, 0.05) is 6.26 Å². The maximum atomic E-state index is 11.5. The van der Waals surface area contributed by atoms with Gasteiger partial charge in [0.1, 0.15) is 0 Å². The maximum Gasteiger partial charge on any atom is 0.175 e. The van der Waals surface area contributed by atoms with Crippen LogP contribution in [0.4, 0.5) is 11.4 Å². The normalized spacial score (nSPS) is 26.5. The molecule has 118 valence electrons. The summed E-state index contributed by atoms with van der Waals surface area (Å²) < 4.78 is 23.1. The molecule has 2 atom stereocenters. The van der Waals surface area contributed by atoms with E-state index >= 15 is 0 Å². The lowest BCUT2D eigenvalue weighted by atomic mass is 9.76. The monoisotopic (exact) mass is 312 g/mol. The van der Waals surface area contributed by atoms with Gasteiger partial charge < -0.3 is 16.2 Å². The molecule has 1 saturated carbocycles. The summed E-state index contributed by atoms with van der Waals surface area (Å²) in [6, 6.07) is 4.70. The highest BCUT2D eigenvalue weighted by Crippen LogP contribution is 2.36. The van der Waals surface area contributed by atoms with Gasteiger partial charge in [-0.05, 0) is 37.0 Å². The Morgan fingerprint density at radius 2 is 2.19 bits per heavy atom. The van der Waals surface area contributed by atoms with Crippen molar-refractivity contribution in [3.8, 4) is 0 Å². The van der Waals surface area contributed by atoms with Crippen molar-refractivity contribution in [2.75, 3.05) is 23.9 Å². The van der Waals surface area contributed by atoms with Gasteiger partial charge in [0.2, 0.25) is 0 Å². The lowest BCUT2D eigenvalue weighted by molar-refractivity contribution is 0.149. The highest BCUT2D eigenvalue weighted by atomic mass is 32.2. The van der Waals surface area contributed by atoms with Crippen molar-refractivity contribution in [3.05, 3.63) is 18.2 Å². The number of anilines is 2. The Hall–Kier alpha value is -1.27. The first-order valence-corrected chi connectivity index (χ1v) is 9.13. The zero-order chi connectivity index (χ0) is 15.7. The van der Waals surface area contributed by atoms with Crippen molar-refractivity contribution >= 4 is 21.2 Å². The first-order valence-electron chi connectivity index (χ1n) is 7.24. The quantitative estimate of drug-likeness (QED) is 0.740. The minimum absolute atomic E-state index is 0.0462. The zero-order valence-electron chi connectivity index (χ0n) is 12.6. The van der Waals surface area contributed by atoms with Crippen LogP contribution in [-0.2, 0) is 9.84 Å². The van der Waals surface area contributed by atoms with Crippen molar-refractivity contribution in [2.24, 2.45) is 5.92 Å². The Morgan fingerprint density at radius 1 is 1.48 bits per heavy atom. The number of aliphatic hydroxyl groups excluding tert-OH is 1. The second-order valence-corrected chi connectivity index (χ2v) is 8.30. The topological polar surface area (TPSA) is 92.4 Å². The molecule has 1 aliphatic rings. The molecular formula is C15H24N2O3S. The molecule has 1 fully saturated rings. The van der Waals surface area contributed by atoms with E-state index in [-0.39, 0.29) is 17.0 Å². The molecule has 0 bridgehead atoms. The van der Waals surface area contributed by atoms with E-state index in [2.05, 4.69) is 12.2 Å². The van der Waals surface area contributed by atoms with Gasteiger partial charge in [-0.3, -0.25) is 0 Å². The summed E-state index contributed by atoms with van der Waals surface area (Å²) >= 11 is 0. The summed E-state index contributed by atoms with van der Waals surface area (Å²) in [5.74, 6) is 0.551. The summed E-state index contributed by atoms with van der Waals surface area (Å²) in [4.78, 5) is 0.209. The van der Waals surface area contributed by atoms with Crippen molar-refractivity contribution in [2.45, 2.75) is 43.0 Å². The summed E-state index contributed by atoms with van der Waals surface area (Å²) in [6.07, 6.45) is 5.17. The highest BCUT2D eigenvalue weighted by molar-refractivity contribution is 7.90. The van der Waals surface area contributed by atoms with Gasteiger partial charge in [0.25, 0.3) is 0 Å². The largest absolute Gasteiger partial charge is 0.397 e. The minimum Gasteiger partial charge on any atom is -0.397 e. The molecule has 0 saturated heterocycles. The number of benzene rings is 1. The van der Waals surface area contributed by atoms with E-state index in [4.69, 9.17) is 5.73 Å². The molecule has 1 aromatic carbocycles. The lowest BCUT2D eigenvalue weighted by Crippen LogP contribution is -2.46. The molecule has 0 spiro atoms. The van der Waals surface area contributed by atoms with Crippen LogP contribution in [0.25, 0.3) is 0 Å². The average Bonchev–Trinajstić information content (AvgIpc) is 2.40. The van der Waals surface area contributed by atoms with Crippen LogP contribution < -0.4 is 11.1 Å². The van der Waals surface area contributed by atoms with Gasteiger partial charge in [-0.25, -0.2) is 8.42 Å². The molecule has 1 aromatic rings. The van der Waals surface area contributed by atoms with Gasteiger partial charge in [-0.15, -0.1) is 0 Å². The van der Waals surface area contributed by atoms with Gasteiger partial charge in [-0.1, -0.05) is 19.8 Å². The number of sulfone groups is 1. The first kappa shape index (κ1) is 16.1. The molecular weight excluding hydrogens is 288 g/mol. The SMILES string of the molecule is CC1CCCC(CO)(Nc2ccc(S(C)(=O)=O)cc2N)C1. The van der Waals surface area contributed by atoms with Crippen LogP contribution in [0.15, 0.2) is 23.1 Å². The Bertz CT molecular complexity index is 615. The van der Waals surface area contributed by atoms with Gasteiger partial charge >= 0.3 is 0 Å². The number of nitrogens with one attached hydrogen (secondary N) is 1. The molecule has 0 aliphatic heterocycles. The van der Waals surface area contributed by atoms with Crippen LogP contribution in [-0.4, -0.2) is 31.9 Å². The minimum atomic E-state index is -3.26. The number of aliphatic hydroxyl groups is 1. The summed E-state index contributed by atoms with van der Waals surface area (Å²) in [6.45, 7) is 2.23. The van der Waals surface area contributed by atoms with E-state index in [1.165, 1.54) is 12.5 Å².